The van der Waals surface area contributed by atoms with Crippen molar-refractivity contribution in [2.45, 2.75) is 88.5 Å². The Balaban J connectivity index is 1.72. The zero-order valence-corrected chi connectivity index (χ0v) is 21.5. The Morgan fingerprint density at radius 2 is 1.48 bits per heavy atom. The minimum atomic E-state index is -2.02. The van der Waals surface area contributed by atoms with Crippen molar-refractivity contribution in [3.63, 3.8) is 0 Å². The fourth-order valence-electron chi connectivity index (χ4n) is 5.73. The Morgan fingerprint density at radius 3 is 2.06 bits per heavy atom. The predicted molar refractivity (Wildman–Crippen MR) is 139 cm³/mol. The van der Waals surface area contributed by atoms with E-state index in [9.17, 15) is 4.57 Å². The van der Waals surface area contributed by atoms with E-state index in [-0.39, 0.29) is 14.0 Å². The molecule has 0 heterocycles. The molecule has 0 amide bonds. The molecular formula is C27H40NOP2-. The second-order valence-electron chi connectivity index (χ2n) is 9.87. The average molecular weight is 457 g/mol. The molecule has 4 rings (SSSR count). The van der Waals surface area contributed by atoms with E-state index in [0.29, 0.717) is 0 Å². The average Bonchev–Trinajstić information content (AvgIpc) is 3.30. The van der Waals surface area contributed by atoms with Gasteiger partial charge in [0.15, 0.2) is 0 Å². The zero-order valence-electron chi connectivity index (χ0n) is 19.6. The molecule has 2 saturated carbocycles. The topological polar surface area (TPSA) is 20.3 Å². The molecule has 2 aliphatic rings. The van der Waals surface area contributed by atoms with Crippen LogP contribution in [0.2, 0.25) is 0 Å². The Bertz CT molecular complexity index is 844. The summed E-state index contributed by atoms with van der Waals surface area (Å²) in [5, 5.41) is 3.75. The first-order valence-corrected chi connectivity index (χ1v) is 15.3. The van der Waals surface area contributed by atoms with Gasteiger partial charge in [-0.3, -0.25) is 0 Å². The standard InChI is InChI=1S/C27H40NOP2/c1-21(28(2)3)24-17-12-20-25(24)31(29)27-19-11-10-18-26(27)30(22-13-6-4-7-14-22)23-15-8-5-9-16-23/h10-12,17-23,31H,4-9,13-16H2,1-3H3/q-1/t21-/m0/s1. The summed E-state index contributed by atoms with van der Waals surface area (Å²) in [6.45, 7) is 2.22. The van der Waals surface area contributed by atoms with Gasteiger partial charge in [0.05, 0.1) is 7.80 Å². The highest BCUT2D eigenvalue weighted by Crippen LogP contribution is 2.55. The summed E-state index contributed by atoms with van der Waals surface area (Å²) in [5.74, 6) is 0. The van der Waals surface area contributed by atoms with Gasteiger partial charge in [0.25, 0.3) is 0 Å². The van der Waals surface area contributed by atoms with Crippen molar-refractivity contribution in [3.05, 3.63) is 48.0 Å². The van der Waals surface area contributed by atoms with E-state index in [1.165, 1.54) is 80.4 Å². The number of benzene rings is 1. The van der Waals surface area contributed by atoms with Crippen molar-refractivity contribution in [1.29, 1.82) is 0 Å². The molecule has 4 heteroatoms. The van der Waals surface area contributed by atoms with E-state index in [1.54, 1.807) is 0 Å². The predicted octanol–water partition coefficient (Wildman–Crippen LogP) is 6.31. The number of nitrogens with zero attached hydrogens (tertiary/aromatic N) is 1. The highest BCUT2D eigenvalue weighted by molar-refractivity contribution is 7.71. The van der Waals surface area contributed by atoms with Crippen LogP contribution in [0.3, 0.4) is 0 Å². The summed E-state index contributed by atoms with van der Waals surface area (Å²) in [4.78, 5) is 2.22. The highest BCUT2D eigenvalue weighted by atomic mass is 31.1. The smallest absolute Gasteiger partial charge is 0.0838 e. The van der Waals surface area contributed by atoms with Crippen LogP contribution in [0, 0.1) is 0 Å². The molecule has 0 aromatic heterocycles. The van der Waals surface area contributed by atoms with Gasteiger partial charge in [-0.1, -0.05) is 76.0 Å². The van der Waals surface area contributed by atoms with Gasteiger partial charge >= 0.3 is 0 Å². The van der Waals surface area contributed by atoms with Gasteiger partial charge in [0.1, 0.15) is 0 Å². The molecule has 0 unspecified atom stereocenters. The molecular weight excluding hydrogens is 416 g/mol. The molecule has 0 spiro atoms. The van der Waals surface area contributed by atoms with Gasteiger partial charge in [-0.15, -0.1) is 5.56 Å². The van der Waals surface area contributed by atoms with Gasteiger partial charge in [-0.05, 0) is 63.3 Å². The van der Waals surface area contributed by atoms with E-state index in [2.05, 4.69) is 68.4 Å². The van der Waals surface area contributed by atoms with Gasteiger partial charge in [0.2, 0.25) is 0 Å². The van der Waals surface area contributed by atoms with Crippen molar-refractivity contribution in [2.24, 2.45) is 0 Å². The van der Waals surface area contributed by atoms with Crippen LogP contribution in [0.5, 0.6) is 0 Å². The fraction of sp³-hybridized carbons (Fsp3) is 0.593. The molecule has 0 bridgehead atoms. The van der Waals surface area contributed by atoms with Crippen molar-refractivity contribution in [1.82, 2.24) is 4.90 Å². The van der Waals surface area contributed by atoms with Crippen LogP contribution in [0.4, 0.5) is 0 Å². The van der Waals surface area contributed by atoms with E-state index in [0.717, 1.165) is 16.6 Å². The molecule has 2 aliphatic carbocycles. The second kappa shape index (κ2) is 10.9. The lowest BCUT2D eigenvalue weighted by molar-refractivity contribution is 0.322. The molecule has 0 aliphatic heterocycles. The Hall–Kier alpha value is -0.810. The first-order chi connectivity index (χ1) is 15.1. The van der Waals surface area contributed by atoms with Crippen LogP contribution < -0.4 is 15.9 Å². The molecule has 170 valence electrons. The van der Waals surface area contributed by atoms with Crippen molar-refractivity contribution in [3.8, 4) is 0 Å². The maximum Gasteiger partial charge on any atom is 0.0838 e. The number of hydrogen-bond donors (Lipinski definition) is 0. The van der Waals surface area contributed by atoms with Crippen LogP contribution in [-0.2, 0) is 4.57 Å². The molecule has 2 nitrogen and oxygen atoms in total. The van der Waals surface area contributed by atoms with Gasteiger partial charge < -0.3 is 9.46 Å². The molecule has 0 saturated heterocycles. The summed E-state index contributed by atoms with van der Waals surface area (Å²) in [7, 11) is 1.96. The third-order valence-electron chi connectivity index (χ3n) is 7.68. The molecule has 2 fully saturated rings. The van der Waals surface area contributed by atoms with Crippen molar-refractivity contribution < 1.29 is 4.57 Å². The van der Waals surface area contributed by atoms with Gasteiger partial charge in [0, 0.05) is 11.3 Å². The van der Waals surface area contributed by atoms with E-state index in [4.69, 9.17) is 0 Å². The normalized spacial score (nSPS) is 20.9. The minimum absolute atomic E-state index is 0.244. The summed E-state index contributed by atoms with van der Waals surface area (Å²) in [5.41, 5.74) is 2.91. The Labute approximate surface area is 191 Å². The molecule has 0 N–H and O–H groups in total. The third kappa shape index (κ3) is 5.24. The Morgan fingerprint density at radius 1 is 0.903 bits per heavy atom. The quantitative estimate of drug-likeness (QED) is 0.359. The number of rotatable bonds is 7. The van der Waals surface area contributed by atoms with Crippen LogP contribution in [-0.4, -0.2) is 30.3 Å². The number of hydrogen-bond acceptors (Lipinski definition) is 2. The maximum atomic E-state index is 14.1. The first kappa shape index (κ1) is 23.4. The van der Waals surface area contributed by atoms with Crippen LogP contribution in [0.1, 0.15) is 82.7 Å². The molecule has 2 atom stereocenters. The van der Waals surface area contributed by atoms with Gasteiger partial charge in [-0.2, -0.15) is 6.07 Å². The fourth-order valence-corrected chi connectivity index (χ4v) is 11.9. The highest BCUT2D eigenvalue weighted by Gasteiger charge is 2.34. The van der Waals surface area contributed by atoms with Gasteiger partial charge in [-0.25, -0.2) is 12.1 Å². The molecule has 31 heavy (non-hydrogen) atoms. The lowest BCUT2D eigenvalue weighted by Gasteiger charge is -2.39. The minimum Gasteiger partial charge on any atom is -0.330 e. The lowest BCUT2D eigenvalue weighted by atomic mass is 9.99. The Kier molecular flexibility index (Phi) is 8.19. The summed E-state index contributed by atoms with van der Waals surface area (Å²) in [6, 6.07) is 15.6. The van der Waals surface area contributed by atoms with Crippen LogP contribution in [0.15, 0.2) is 42.5 Å². The second-order valence-corrected chi connectivity index (χ2v) is 14.4. The summed E-state index contributed by atoms with van der Waals surface area (Å²) in [6.07, 6.45) is 13.9. The monoisotopic (exact) mass is 456 g/mol. The summed E-state index contributed by atoms with van der Waals surface area (Å²) >= 11 is 0. The molecule has 2 aromatic carbocycles. The van der Waals surface area contributed by atoms with Crippen molar-refractivity contribution >= 4 is 31.6 Å². The SMILES string of the molecule is C[C@@H](c1ccc[c-]1[P@@H](=O)c1ccccc1P(C1CCCCC1)C1CCCCC1)N(C)C. The van der Waals surface area contributed by atoms with E-state index < -0.39 is 7.80 Å². The molecule has 0 radical (unpaired) electrons. The van der Waals surface area contributed by atoms with E-state index >= 15 is 0 Å². The lowest BCUT2D eigenvalue weighted by Crippen LogP contribution is -2.33. The van der Waals surface area contributed by atoms with Crippen molar-refractivity contribution in [2.75, 3.05) is 14.1 Å². The first-order valence-electron chi connectivity index (χ1n) is 12.4. The third-order valence-corrected chi connectivity index (χ3v) is 13.3. The largest absolute Gasteiger partial charge is 0.330 e. The zero-order chi connectivity index (χ0) is 21.8. The van der Waals surface area contributed by atoms with E-state index in [1.807, 2.05) is 0 Å². The molecule has 2 aromatic rings. The summed E-state index contributed by atoms with van der Waals surface area (Å²) < 4.78 is 14.1. The van der Waals surface area contributed by atoms with Crippen LogP contribution >= 0.6 is 15.7 Å². The van der Waals surface area contributed by atoms with Crippen LogP contribution in [0.25, 0.3) is 0 Å². The maximum absolute atomic E-state index is 14.1.